The molecular formula is C18H14F3NO2. The van der Waals surface area contributed by atoms with Gasteiger partial charge in [0.25, 0.3) is 0 Å². The van der Waals surface area contributed by atoms with Crippen LogP contribution in [0.15, 0.2) is 48.5 Å². The second kappa shape index (κ2) is 6.39. The largest absolute Gasteiger partial charge is 0.493 e. The number of benzene rings is 2. The molecule has 2 aromatic carbocycles. The Bertz CT molecular complexity index is 780. The molecule has 2 aromatic rings. The minimum absolute atomic E-state index is 0.353. The van der Waals surface area contributed by atoms with Gasteiger partial charge in [-0.15, -0.1) is 0 Å². The van der Waals surface area contributed by atoms with E-state index in [4.69, 9.17) is 4.74 Å². The first kappa shape index (κ1) is 16.1. The smallest absolute Gasteiger partial charge is 0.416 e. The van der Waals surface area contributed by atoms with Crippen molar-refractivity contribution in [3.8, 4) is 5.75 Å². The Balaban J connectivity index is 1.63. The third kappa shape index (κ3) is 3.76. The fraction of sp³-hybridized carbons (Fsp3) is 0.167. The number of rotatable bonds is 3. The maximum absolute atomic E-state index is 12.5. The van der Waals surface area contributed by atoms with Crippen LogP contribution in [0.1, 0.15) is 16.7 Å². The molecule has 0 saturated carbocycles. The van der Waals surface area contributed by atoms with Gasteiger partial charge in [-0.3, -0.25) is 4.79 Å². The van der Waals surface area contributed by atoms with E-state index in [-0.39, 0.29) is 5.91 Å². The van der Waals surface area contributed by atoms with E-state index in [2.05, 4.69) is 5.32 Å². The molecule has 0 aliphatic carbocycles. The summed E-state index contributed by atoms with van der Waals surface area (Å²) in [6, 6.07) is 10.0. The number of carbonyl (C=O) groups is 1. The molecule has 3 nitrogen and oxygen atoms in total. The summed E-state index contributed by atoms with van der Waals surface area (Å²) < 4.78 is 42.8. The first-order valence-electron chi connectivity index (χ1n) is 7.34. The van der Waals surface area contributed by atoms with Crippen LogP contribution in [-0.2, 0) is 17.4 Å². The van der Waals surface area contributed by atoms with Crippen LogP contribution in [-0.4, -0.2) is 12.5 Å². The molecule has 6 heteroatoms. The fourth-order valence-corrected chi connectivity index (χ4v) is 2.40. The molecule has 1 heterocycles. The Labute approximate surface area is 136 Å². The van der Waals surface area contributed by atoms with Crippen LogP contribution >= 0.6 is 0 Å². The van der Waals surface area contributed by atoms with E-state index in [9.17, 15) is 18.0 Å². The normalized spacial score (nSPS) is 13.6. The van der Waals surface area contributed by atoms with E-state index < -0.39 is 11.7 Å². The number of hydrogen-bond acceptors (Lipinski definition) is 2. The molecule has 0 aromatic heterocycles. The van der Waals surface area contributed by atoms with E-state index in [1.807, 2.05) is 6.07 Å². The van der Waals surface area contributed by atoms with E-state index in [0.29, 0.717) is 17.9 Å². The van der Waals surface area contributed by atoms with Crippen molar-refractivity contribution in [3.63, 3.8) is 0 Å². The number of nitrogens with one attached hydrogen (secondary N) is 1. The molecule has 3 rings (SSSR count). The summed E-state index contributed by atoms with van der Waals surface area (Å²) in [7, 11) is 0. The molecule has 0 fully saturated rings. The molecular weight excluding hydrogens is 319 g/mol. The van der Waals surface area contributed by atoms with Gasteiger partial charge in [-0.25, -0.2) is 0 Å². The minimum atomic E-state index is -4.36. The van der Waals surface area contributed by atoms with Gasteiger partial charge < -0.3 is 10.1 Å². The van der Waals surface area contributed by atoms with Crippen molar-refractivity contribution in [1.29, 1.82) is 0 Å². The monoisotopic (exact) mass is 333 g/mol. The maximum atomic E-state index is 12.5. The molecule has 0 saturated heterocycles. The summed E-state index contributed by atoms with van der Waals surface area (Å²) in [6.45, 7) is 0.639. The van der Waals surface area contributed by atoms with Crippen LogP contribution in [0, 0.1) is 0 Å². The lowest BCUT2D eigenvalue weighted by atomic mass is 10.1. The van der Waals surface area contributed by atoms with Gasteiger partial charge in [0.05, 0.1) is 12.2 Å². The highest BCUT2D eigenvalue weighted by molar-refractivity contribution is 6.02. The summed E-state index contributed by atoms with van der Waals surface area (Å²) in [5, 5.41) is 2.72. The van der Waals surface area contributed by atoms with Crippen molar-refractivity contribution in [2.24, 2.45) is 0 Å². The highest BCUT2D eigenvalue weighted by atomic mass is 19.4. The molecule has 1 aliphatic rings. The van der Waals surface area contributed by atoms with Gasteiger partial charge in [0, 0.05) is 18.2 Å². The third-order valence-electron chi connectivity index (χ3n) is 3.62. The summed E-state index contributed by atoms with van der Waals surface area (Å²) in [5.74, 6) is 0.474. The highest BCUT2D eigenvalue weighted by Gasteiger charge is 2.29. The van der Waals surface area contributed by atoms with Crippen LogP contribution in [0.2, 0.25) is 0 Å². The standard InChI is InChI=1S/C18H14F3NO2/c19-18(20,21)14-4-1-12(2-5-14)3-8-17(23)22-15-6-7-16-13(11-15)9-10-24-16/h1-8,11H,9-10H2,(H,22,23)/b8-3+. The molecule has 0 spiro atoms. The van der Waals surface area contributed by atoms with Crippen molar-refractivity contribution < 1.29 is 22.7 Å². The fourth-order valence-electron chi connectivity index (χ4n) is 2.40. The lowest BCUT2D eigenvalue weighted by molar-refractivity contribution is -0.137. The number of fused-ring (bicyclic) bond motifs is 1. The predicted molar refractivity (Wildman–Crippen MR) is 84.7 cm³/mol. The van der Waals surface area contributed by atoms with E-state index in [0.717, 1.165) is 29.9 Å². The van der Waals surface area contributed by atoms with Crippen LogP contribution in [0.5, 0.6) is 5.75 Å². The molecule has 24 heavy (non-hydrogen) atoms. The average Bonchev–Trinajstić information content (AvgIpc) is 3.00. The summed E-state index contributed by atoms with van der Waals surface area (Å²) >= 11 is 0. The lowest BCUT2D eigenvalue weighted by Crippen LogP contribution is -2.07. The number of carbonyl (C=O) groups excluding carboxylic acids is 1. The zero-order valence-corrected chi connectivity index (χ0v) is 12.6. The Morgan fingerprint density at radius 3 is 2.58 bits per heavy atom. The number of amides is 1. The number of ether oxygens (including phenoxy) is 1. The lowest BCUT2D eigenvalue weighted by Gasteiger charge is -2.06. The van der Waals surface area contributed by atoms with Crippen molar-refractivity contribution in [2.75, 3.05) is 11.9 Å². The Kier molecular flexibility index (Phi) is 4.29. The molecule has 0 unspecified atom stereocenters. The predicted octanol–water partition coefficient (Wildman–Crippen LogP) is 4.29. The molecule has 0 bridgehead atoms. The van der Waals surface area contributed by atoms with Crippen LogP contribution < -0.4 is 10.1 Å². The van der Waals surface area contributed by atoms with Gasteiger partial charge in [0.2, 0.25) is 5.91 Å². The molecule has 0 atom stereocenters. The first-order valence-corrected chi connectivity index (χ1v) is 7.34. The van der Waals surface area contributed by atoms with Crippen LogP contribution in [0.4, 0.5) is 18.9 Å². The molecule has 1 amide bonds. The van der Waals surface area contributed by atoms with E-state index >= 15 is 0 Å². The SMILES string of the molecule is O=C(/C=C/c1ccc(C(F)(F)F)cc1)Nc1ccc2c(c1)CCO2. The van der Waals surface area contributed by atoms with Gasteiger partial charge in [0.15, 0.2) is 0 Å². The number of alkyl halides is 3. The van der Waals surface area contributed by atoms with E-state index in [1.165, 1.54) is 24.3 Å². The van der Waals surface area contributed by atoms with Crippen molar-refractivity contribution in [3.05, 3.63) is 65.2 Å². The molecule has 1 N–H and O–H groups in total. The summed E-state index contributed by atoms with van der Waals surface area (Å²) in [5.41, 5.74) is 1.49. The third-order valence-corrected chi connectivity index (χ3v) is 3.62. The second-order valence-electron chi connectivity index (χ2n) is 5.36. The van der Waals surface area contributed by atoms with Crippen molar-refractivity contribution in [2.45, 2.75) is 12.6 Å². The van der Waals surface area contributed by atoms with Crippen molar-refractivity contribution >= 4 is 17.7 Å². The van der Waals surface area contributed by atoms with Crippen molar-refractivity contribution in [1.82, 2.24) is 0 Å². The van der Waals surface area contributed by atoms with Gasteiger partial charge >= 0.3 is 6.18 Å². The number of halogens is 3. The van der Waals surface area contributed by atoms with E-state index in [1.54, 1.807) is 12.1 Å². The molecule has 124 valence electrons. The Morgan fingerprint density at radius 2 is 1.88 bits per heavy atom. The summed E-state index contributed by atoms with van der Waals surface area (Å²) in [6.07, 6.45) is -0.810. The maximum Gasteiger partial charge on any atom is 0.416 e. The highest BCUT2D eigenvalue weighted by Crippen LogP contribution is 2.29. The van der Waals surface area contributed by atoms with Crippen LogP contribution in [0.25, 0.3) is 6.08 Å². The first-order chi connectivity index (χ1) is 11.4. The summed E-state index contributed by atoms with van der Waals surface area (Å²) in [4.78, 5) is 11.9. The quantitative estimate of drug-likeness (QED) is 0.851. The Morgan fingerprint density at radius 1 is 1.12 bits per heavy atom. The zero-order valence-electron chi connectivity index (χ0n) is 12.6. The average molecular weight is 333 g/mol. The van der Waals surface area contributed by atoms with Gasteiger partial charge in [-0.1, -0.05) is 12.1 Å². The van der Waals surface area contributed by atoms with Gasteiger partial charge in [-0.05, 0) is 47.5 Å². The molecule has 1 aliphatic heterocycles. The number of hydrogen-bond donors (Lipinski definition) is 1. The number of anilines is 1. The zero-order chi connectivity index (χ0) is 17.2. The van der Waals surface area contributed by atoms with Gasteiger partial charge in [0.1, 0.15) is 5.75 Å². The van der Waals surface area contributed by atoms with Crippen LogP contribution in [0.3, 0.4) is 0 Å². The topological polar surface area (TPSA) is 38.3 Å². The second-order valence-corrected chi connectivity index (χ2v) is 5.36. The van der Waals surface area contributed by atoms with Gasteiger partial charge in [-0.2, -0.15) is 13.2 Å². The Hall–Kier alpha value is -2.76. The molecule has 0 radical (unpaired) electrons. The minimum Gasteiger partial charge on any atom is -0.493 e.